The van der Waals surface area contributed by atoms with Gasteiger partial charge in [-0.1, -0.05) is 17.8 Å². The number of thioether (sulfide) groups is 1. The normalized spacial score (nSPS) is 10.9. The molecule has 0 aliphatic heterocycles. The Kier molecular flexibility index (Phi) is 3.53. The van der Waals surface area contributed by atoms with E-state index in [0.29, 0.717) is 11.0 Å². The van der Waals surface area contributed by atoms with E-state index in [1.54, 1.807) is 24.1 Å². The van der Waals surface area contributed by atoms with Gasteiger partial charge in [0, 0.05) is 25.0 Å². The predicted molar refractivity (Wildman–Crippen MR) is 77.9 cm³/mol. The van der Waals surface area contributed by atoms with Crippen LogP contribution in [0, 0.1) is 0 Å². The number of fused-ring (bicyclic) bond motifs is 1. The van der Waals surface area contributed by atoms with Gasteiger partial charge >= 0.3 is 5.97 Å². The second kappa shape index (κ2) is 5.49. The van der Waals surface area contributed by atoms with Gasteiger partial charge in [-0.05, 0) is 12.1 Å². The SMILES string of the molecule is Cn1nc(-c2cccc3nccnc23)nc1SCC(=O)O. The molecule has 0 radical (unpaired) electrons. The lowest BCUT2D eigenvalue weighted by atomic mass is 10.1. The van der Waals surface area contributed by atoms with Crippen LogP contribution in [0.4, 0.5) is 0 Å². The van der Waals surface area contributed by atoms with E-state index in [0.717, 1.165) is 28.4 Å². The van der Waals surface area contributed by atoms with Crippen LogP contribution in [-0.2, 0) is 11.8 Å². The third-order valence-electron chi connectivity index (χ3n) is 2.79. The molecule has 1 N–H and O–H groups in total. The second-order valence-corrected chi connectivity index (χ2v) is 5.20. The van der Waals surface area contributed by atoms with E-state index in [4.69, 9.17) is 5.11 Å². The van der Waals surface area contributed by atoms with Crippen molar-refractivity contribution in [2.45, 2.75) is 5.16 Å². The van der Waals surface area contributed by atoms with Gasteiger partial charge in [-0.25, -0.2) is 9.67 Å². The number of nitrogens with zero attached hydrogens (tertiary/aromatic N) is 5. The zero-order valence-corrected chi connectivity index (χ0v) is 11.9. The zero-order chi connectivity index (χ0) is 14.8. The summed E-state index contributed by atoms with van der Waals surface area (Å²) >= 11 is 1.13. The van der Waals surface area contributed by atoms with Crippen LogP contribution >= 0.6 is 11.8 Å². The molecule has 21 heavy (non-hydrogen) atoms. The molecule has 0 aliphatic carbocycles. The molecule has 106 valence electrons. The van der Waals surface area contributed by atoms with Crippen LogP contribution in [-0.4, -0.2) is 41.6 Å². The van der Waals surface area contributed by atoms with E-state index in [2.05, 4.69) is 20.1 Å². The largest absolute Gasteiger partial charge is 0.481 e. The van der Waals surface area contributed by atoms with E-state index < -0.39 is 5.97 Å². The summed E-state index contributed by atoms with van der Waals surface area (Å²) in [6.45, 7) is 0. The second-order valence-electron chi connectivity index (χ2n) is 4.25. The van der Waals surface area contributed by atoms with Crippen LogP contribution in [0.1, 0.15) is 0 Å². The number of benzene rings is 1. The number of aromatic nitrogens is 5. The summed E-state index contributed by atoms with van der Waals surface area (Å²) in [7, 11) is 1.73. The molecular weight excluding hydrogens is 290 g/mol. The molecule has 0 atom stereocenters. The van der Waals surface area contributed by atoms with Gasteiger partial charge in [0.05, 0.1) is 16.8 Å². The molecule has 8 heteroatoms. The number of para-hydroxylation sites is 1. The van der Waals surface area contributed by atoms with Gasteiger partial charge in [-0.3, -0.25) is 14.8 Å². The number of aryl methyl sites for hydroxylation is 1. The fourth-order valence-corrected chi connectivity index (χ4v) is 2.54. The highest BCUT2D eigenvalue weighted by molar-refractivity contribution is 7.99. The summed E-state index contributed by atoms with van der Waals surface area (Å²) in [6, 6.07) is 5.61. The smallest absolute Gasteiger partial charge is 0.313 e. The summed E-state index contributed by atoms with van der Waals surface area (Å²) in [5.74, 6) is -0.432. The van der Waals surface area contributed by atoms with Gasteiger partial charge < -0.3 is 5.11 Å². The molecule has 0 fully saturated rings. The Morgan fingerprint density at radius 1 is 1.33 bits per heavy atom. The first-order valence-corrected chi connectivity index (χ1v) is 7.09. The Balaban J connectivity index is 2.03. The molecule has 0 spiro atoms. The van der Waals surface area contributed by atoms with Crippen molar-refractivity contribution in [1.29, 1.82) is 0 Å². The maximum Gasteiger partial charge on any atom is 0.313 e. The molecule has 2 aromatic heterocycles. The van der Waals surface area contributed by atoms with Crippen molar-refractivity contribution >= 4 is 28.8 Å². The van der Waals surface area contributed by atoms with Crippen molar-refractivity contribution < 1.29 is 9.90 Å². The Hall–Kier alpha value is -2.48. The van der Waals surface area contributed by atoms with Crippen molar-refractivity contribution in [1.82, 2.24) is 24.7 Å². The minimum absolute atomic E-state index is 0.0542. The first kappa shape index (κ1) is 13.5. The fourth-order valence-electron chi connectivity index (χ4n) is 1.91. The first-order chi connectivity index (χ1) is 10.1. The van der Waals surface area contributed by atoms with Crippen LogP contribution < -0.4 is 0 Å². The summed E-state index contributed by atoms with van der Waals surface area (Å²) < 4.78 is 1.57. The lowest BCUT2D eigenvalue weighted by Gasteiger charge is -2.00. The van der Waals surface area contributed by atoms with Crippen molar-refractivity contribution in [3.8, 4) is 11.4 Å². The quantitative estimate of drug-likeness (QED) is 0.731. The van der Waals surface area contributed by atoms with Crippen LogP contribution in [0.25, 0.3) is 22.4 Å². The number of carboxylic acids is 1. The highest BCUT2D eigenvalue weighted by Crippen LogP contribution is 2.25. The molecule has 2 heterocycles. The maximum absolute atomic E-state index is 10.6. The highest BCUT2D eigenvalue weighted by atomic mass is 32.2. The maximum atomic E-state index is 10.6. The Labute approximate surface area is 124 Å². The van der Waals surface area contributed by atoms with Crippen molar-refractivity contribution in [3.63, 3.8) is 0 Å². The van der Waals surface area contributed by atoms with Gasteiger partial charge in [-0.2, -0.15) is 5.10 Å². The van der Waals surface area contributed by atoms with Crippen LogP contribution in [0.5, 0.6) is 0 Å². The van der Waals surface area contributed by atoms with E-state index in [1.807, 2.05) is 18.2 Å². The monoisotopic (exact) mass is 301 g/mol. The first-order valence-electron chi connectivity index (χ1n) is 6.11. The Morgan fingerprint density at radius 3 is 2.95 bits per heavy atom. The molecular formula is C13H11N5O2S. The Bertz CT molecular complexity index is 812. The zero-order valence-electron chi connectivity index (χ0n) is 11.1. The third kappa shape index (κ3) is 2.70. The fraction of sp³-hybridized carbons (Fsp3) is 0.154. The molecule has 0 saturated carbocycles. The van der Waals surface area contributed by atoms with Gasteiger partial charge in [0.25, 0.3) is 0 Å². The van der Waals surface area contributed by atoms with Crippen LogP contribution in [0.2, 0.25) is 0 Å². The van der Waals surface area contributed by atoms with E-state index in [-0.39, 0.29) is 5.75 Å². The van der Waals surface area contributed by atoms with E-state index >= 15 is 0 Å². The predicted octanol–water partition coefficient (Wildman–Crippen LogP) is 1.60. The lowest BCUT2D eigenvalue weighted by Crippen LogP contribution is -2.00. The average Bonchev–Trinajstić information content (AvgIpc) is 2.85. The number of carbonyl (C=O) groups is 1. The molecule has 3 rings (SSSR count). The summed E-state index contributed by atoms with van der Waals surface area (Å²) in [5.41, 5.74) is 2.26. The van der Waals surface area contributed by atoms with Crippen LogP contribution in [0.15, 0.2) is 35.7 Å². The molecule has 0 bridgehead atoms. The van der Waals surface area contributed by atoms with E-state index in [1.165, 1.54) is 0 Å². The average molecular weight is 301 g/mol. The molecule has 0 aliphatic rings. The number of hydrogen-bond donors (Lipinski definition) is 1. The van der Waals surface area contributed by atoms with Gasteiger partial charge in [-0.15, -0.1) is 0 Å². The standard InChI is InChI=1S/C13H11N5O2S/c1-18-13(21-7-10(19)20)16-12(17-18)8-3-2-4-9-11(8)15-6-5-14-9/h2-6H,7H2,1H3,(H,19,20). The summed E-state index contributed by atoms with van der Waals surface area (Å²) in [4.78, 5) is 23.6. The van der Waals surface area contributed by atoms with Gasteiger partial charge in [0.15, 0.2) is 11.0 Å². The third-order valence-corrected chi connectivity index (χ3v) is 3.79. The number of rotatable bonds is 4. The Morgan fingerprint density at radius 2 is 2.14 bits per heavy atom. The van der Waals surface area contributed by atoms with Crippen molar-refractivity contribution in [2.24, 2.45) is 7.05 Å². The van der Waals surface area contributed by atoms with Gasteiger partial charge in [0.1, 0.15) is 0 Å². The minimum atomic E-state index is -0.888. The number of aliphatic carboxylic acids is 1. The topological polar surface area (TPSA) is 93.8 Å². The summed E-state index contributed by atoms with van der Waals surface area (Å²) in [6.07, 6.45) is 3.25. The lowest BCUT2D eigenvalue weighted by molar-refractivity contribution is -0.133. The molecule has 0 amide bonds. The highest BCUT2D eigenvalue weighted by Gasteiger charge is 2.14. The van der Waals surface area contributed by atoms with Crippen LogP contribution in [0.3, 0.4) is 0 Å². The van der Waals surface area contributed by atoms with Crippen molar-refractivity contribution in [3.05, 3.63) is 30.6 Å². The number of hydrogen-bond acceptors (Lipinski definition) is 6. The van der Waals surface area contributed by atoms with Gasteiger partial charge in [0.2, 0.25) is 0 Å². The number of carboxylic acid groups (broad SMARTS) is 1. The summed E-state index contributed by atoms with van der Waals surface area (Å²) in [5, 5.41) is 13.6. The minimum Gasteiger partial charge on any atom is -0.481 e. The molecule has 3 aromatic rings. The van der Waals surface area contributed by atoms with Crippen molar-refractivity contribution in [2.75, 3.05) is 5.75 Å². The molecule has 7 nitrogen and oxygen atoms in total. The molecule has 0 saturated heterocycles. The van der Waals surface area contributed by atoms with E-state index in [9.17, 15) is 4.79 Å². The molecule has 1 aromatic carbocycles. The molecule has 0 unspecified atom stereocenters.